The van der Waals surface area contributed by atoms with Gasteiger partial charge in [-0.15, -0.1) is 0 Å². The van der Waals surface area contributed by atoms with E-state index in [9.17, 15) is 36.8 Å². The van der Waals surface area contributed by atoms with Gasteiger partial charge in [-0.05, 0) is 124 Å². The number of aryl methyl sites for hydroxylation is 1. The molecule has 2 fully saturated rings. The summed E-state index contributed by atoms with van der Waals surface area (Å²) in [5, 5.41) is 2.33. The molecule has 356 valence electrons. The molecule has 0 bridgehead atoms. The van der Waals surface area contributed by atoms with Gasteiger partial charge in [-0.25, -0.2) is 12.8 Å². The number of hydrogen-bond donors (Lipinski definition) is 2. The standard InChI is InChI=1S/C50H64FN5O9S/c1-4-65-43-27-34(17-20-42(43)64-2)41(31-66(3,62)63)56-49(60)45-33(16-18-39(52)46(45)50(56)61)15-13-11-9-7-5-6-8-10-12-14-24-54-25-22-32(23-26-54)36-28-35(51)29-37-38(36)30-55(48(37)59)40-19-21-44(57)53-47(40)58/h16-18,20,27-29,32,40-41H,4-15,19,21-26,30-31,52H2,1-3H3,(H,53,57,58)/t40?,41-/m1/s1. The number of nitrogens with one attached hydrogen (secondary N) is 1. The number of halogens is 1. The number of carbonyl (C=O) groups is 5. The topological polar surface area (TPSA) is 186 Å². The van der Waals surface area contributed by atoms with Gasteiger partial charge in [0.15, 0.2) is 11.5 Å². The van der Waals surface area contributed by atoms with Crippen LogP contribution in [0.25, 0.3) is 0 Å². The van der Waals surface area contributed by atoms with Crippen LogP contribution < -0.4 is 20.5 Å². The number of imide groups is 2. The van der Waals surface area contributed by atoms with Gasteiger partial charge in [0.25, 0.3) is 17.7 Å². The molecule has 14 nitrogen and oxygen atoms in total. The molecule has 3 aromatic rings. The maximum absolute atomic E-state index is 14.8. The van der Waals surface area contributed by atoms with Crippen molar-refractivity contribution in [3.05, 3.63) is 87.2 Å². The zero-order valence-corrected chi connectivity index (χ0v) is 39.3. The summed E-state index contributed by atoms with van der Waals surface area (Å²) in [5.41, 5.74) is 10.1. The summed E-state index contributed by atoms with van der Waals surface area (Å²) >= 11 is 0. The lowest BCUT2D eigenvalue weighted by Gasteiger charge is -2.33. The van der Waals surface area contributed by atoms with Crippen LogP contribution in [0.15, 0.2) is 42.5 Å². The highest BCUT2D eigenvalue weighted by molar-refractivity contribution is 7.90. The average molecular weight is 930 g/mol. The lowest BCUT2D eigenvalue weighted by atomic mass is 9.85. The molecule has 0 aromatic heterocycles. The van der Waals surface area contributed by atoms with Crippen LogP contribution in [-0.2, 0) is 32.4 Å². The fraction of sp³-hybridized carbons (Fsp3) is 0.540. The quantitative estimate of drug-likeness (QED) is 0.0586. The van der Waals surface area contributed by atoms with Gasteiger partial charge in [-0.1, -0.05) is 63.5 Å². The van der Waals surface area contributed by atoms with Crippen LogP contribution in [0, 0.1) is 5.82 Å². The highest BCUT2D eigenvalue weighted by Gasteiger charge is 2.45. The number of benzene rings is 3. The number of nitrogens with two attached hydrogens (primary N) is 1. The highest BCUT2D eigenvalue weighted by Crippen LogP contribution is 2.41. The zero-order valence-electron chi connectivity index (χ0n) is 38.5. The summed E-state index contributed by atoms with van der Waals surface area (Å²) in [5.74, 6) is -2.21. The number of rotatable bonds is 22. The van der Waals surface area contributed by atoms with E-state index in [2.05, 4.69) is 10.2 Å². The molecule has 3 aromatic carbocycles. The van der Waals surface area contributed by atoms with Gasteiger partial charge in [0.2, 0.25) is 11.8 Å². The normalized spacial score (nSPS) is 18.5. The molecule has 4 aliphatic heterocycles. The second kappa shape index (κ2) is 21.5. The van der Waals surface area contributed by atoms with E-state index in [0.29, 0.717) is 35.7 Å². The number of ether oxygens (including phenoxy) is 2. The van der Waals surface area contributed by atoms with Gasteiger partial charge in [0.1, 0.15) is 21.7 Å². The Morgan fingerprint density at radius 2 is 1.48 bits per heavy atom. The van der Waals surface area contributed by atoms with Crippen molar-refractivity contribution in [3.63, 3.8) is 0 Å². The number of fused-ring (bicyclic) bond motifs is 2. The molecule has 66 heavy (non-hydrogen) atoms. The van der Waals surface area contributed by atoms with E-state index in [4.69, 9.17) is 15.2 Å². The number of piperidine rings is 2. The zero-order chi connectivity index (χ0) is 47.1. The number of nitrogens with zero attached hydrogens (tertiary/aromatic N) is 3. The molecule has 0 saturated carbocycles. The first-order valence-corrected chi connectivity index (χ1v) is 25.7. The Balaban J connectivity index is 0.799. The Bertz CT molecular complexity index is 2440. The number of sulfone groups is 1. The highest BCUT2D eigenvalue weighted by atomic mass is 32.2. The lowest BCUT2D eigenvalue weighted by Crippen LogP contribution is -2.52. The van der Waals surface area contributed by atoms with E-state index in [1.807, 2.05) is 6.92 Å². The number of unbranched alkanes of at least 4 members (excludes halogenated alkanes) is 9. The van der Waals surface area contributed by atoms with Gasteiger partial charge in [-0.3, -0.25) is 34.2 Å². The maximum Gasteiger partial charge on any atom is 0.264 e. The monoisotopic (exact) mass is 929 g/mol. The molecule has 2 saturated heterocycles. The van der Waals surface area contributed by atoms with Gasteiger partial charge >= 0.3 is 0 Å². The third-order valence-electron chi connectivity index (χ3n) is 13.7. The molecule has 1 unspecified atom stereocenters. The van der Waals surface area contributed by atoms with E-state index >= 15 is 0 Å². The Morgan fingerprint density at radius 3 is 2.14 bits per heavy atom. The summed E-state index contributed by atoms with van der Waals surface area (Å²) in [6.07, 6.45) is 14.9. The molecule has 16 heteroatoms. The Morgan fingerprint density at radius 1 is 0.818 bits per heavy atom. The van der Waals surface area contributed by atoms with E-state index in [0.717, 1.165) is 98.8 Å². The molecule has 3 N–H and O–H groups in total. The first kappa shape index (κ1) is 48.6. The number of anilines is 1. The van der Waals surface area contributed by atoms with Crippen molar-refractivity contribution in [3.8, 4) is 11.5 Å². The van der Waals surface area contributed by atoms with Crippen molar-refractivity contribution in [2.75, 3.05) is 51.1 Å². The van der Waals surface area contributed by atoms with Crippen molar-refractivity contribution in [1.29, 1.82) is 0 Å². The molecule has 0 radical (unpaired) electrons. The summed E-state index contributed by atoms with van der Waals surface area (Å²) in [7, 11) is -2.14. The molecular weight excluding hydrogens is 866 g/mol. The van der Waals surface area contributed by atoms with Crippen LogP contribution in [0.5, 0.6) is 11.5 Å². The second-order valence-corrected chi connectivity index (χ2v) is 20.5. The van der Waals surface area contributed by atoms with Crippen LogP contribution >= 0.6 is 0 Å². The minimum atomic E-state index is -3.64. The number of amides is 5. The predicted octanol–water partition coefficient (Wildman–Crippen LogP) is 7.28. The summed E-state index contributed by atoms with van der Waals surface area (Å²) < 4.78 is 51.3. The summed E-state index contributed by atoms with van der Waals surface area (Å²) in [6, 6.07) is 9.42. The lowest BCUT2D eigenvalue weighted by molar-refractivity contribution is -0.136. The van der Waals surface area contributed by atoms with Crippen molar-refractivity contribution >= 4 is 45.1 Å². The van der Waals surface area contributed by atoms with Crippen LogP contribution in [0.3, 0.4) is 0 Å². The third kappa shape index (κ3) is 11.1. The predicted molar refractivity (Wildman–Crippen MR) is 249 cm³/mol. The fourth-order valence-corrected chi connectivity index (χ4v) is 11.2. The first-order valence-electron chi connectivity index (χ1n) is 23.7. The van der Waals surface area contributed by atoms with E-state index < -0.39 is 51.2 Å². The minimum absolute atomic E-state index is 0.130. The van der Waals surface area contributed by atoms with Crippen molar-refractivity contribution in [1.82, 2.24) is 20.0 Å². The molecule has 7 rings (SSSR count). The largest absolute Gasteiger partial charge is 0.493 e. The number of likely N-dealkylation sites (tertiary alicyclic amines) is 1. The molecule has 0 aliphatic carbocycles. The molecular formula is C50H64FN5O9S. The average Bonchev–Trinajstić information content (AvgIpc) is 3.75. The van der Waals surface area contributed by atoms with Crippen molar-refractivity contribution in [2.24, 2.45) is 0 Å². The van der Waals surface area contributed by atoms with E-state index in [-0.39, 0.29) is 53.9 Å². The van der Waals surface area contributed by atoms with E-state index in [1.54, 1.807) is 36.4 Å². The molecule has 0 spiro atoms. The second-order valence-electron chi connectivity index (χ2n) is 18.3. The number of nitrogen functional groups attached to an aromatic ring is 1. The number of carbonyl (C=O) groups excluding carboxylic acids is 5. The molecule has 4 aliphatic rings. The fourth-order valence-electron chi connectivity index (χ4n) is 10.3. The van der Waals surface area contributed by atoms with E-state index in [1.165, 1.54) is 43.8 Å². The number of methoxy groups -OCH3 is 1. The first-order chi connectivity index (χ1) is 31.7. The minimum Gasteiger partial charge on any atom is -0.493 e. The van der Waals surface area contributed by atoms with Gasteiger partial charge in [0.05, 0.1) is 36.6 Å². The Labute approximate surface area is 387 Å². The molecule has 4 heterocycles. The SMILES string of the molecule is CCOc1cc([C@@H](CS(C)(=O)=O)N2C(=O)c3c(N)ccc(CCCCCCCCCCCCN4CCC(c5cc(F)cc6c5CN(C5CCC(=O)NC5=O)C6=O)CC4)c3C2=O)ccc1OC. The molecule has 5 amide bonds. The van der Waals surface area contributed by atoms with Crippen LogP contribution in [0.4, 0.5) is 10.1 Å². The third-order valence-corrected chi connectivity index (χ3v) is 14.6. The van der Waals surface area contributed by atoms with Crippen molar-refractivity contribution in [2.45, 2.75) is 128 Å². The van der Waals surface area contributed by atoms with Crippen LogP contribution in [0.1, 0.15) is 162 Å². The Kier molecular flexibility index (Phi) is 15.8. The summed E-state index contributed by atoms with van der Waals surface area (Å²) in [6.45, 7) is 5.28. The molecule has 2 atom stereocenters. The maximum atomic E-state index is 14.8. The van der Waals surface area contributed by atoms with Crippen LogP contribution in [-0.4, -0.2) is 104 Å². The summed E-state index contributed by atoms with van der Waals surface area (Å²) in [4.78, 5) is 70.6. The number of hydrogen-bond acceptors (Lipinski definition) is 11. The van der Waals surface area contributed by atoms with Gasteiger partial charge in [0, 0.05) is 30.5 Å². The van der Waals surface area contributed by atoms with Gasteiger partial charge < -0.3 is 25.0 Å². The van der Waals surface area contributed by atoms with Crippen molar-refractivity contribution < 1.29 is 46.3 Å². The smallest absolute Gasteiger partial charge is 0.264 e. The Hall–Kier alpha value is -5.35. The van der Waals surface area contributed by atoms with Crippen LogP contribution in [0.2, 0.25) is 0 Å². The van der Waals surface area contributed by atoms with Gasteiger partial charge in [-0.2, -0.15) is 0 Å².